The van der Waals surface area contributed by atoms with Gasteiger partial charge in [-0.2, -0.15) is 0 Å². The minimum absolute atomic E-state index is 0.186. The maximum absolute atomic E-state index is 13.8. The Bertz CT molecular complexity index is 649. The van der Waals surface area contributed by atoms with E-state index in [0.29, 0.717) is 10.5 Å². The van der Waals surface area contributed by atoms with Gasteiger partial charge in [0.15, 0.2) is 0 Å². The highest BCUT2D eigenvalue weighted by Crippen LogP contribution is 2.32. The van der Waals surface area contributed by atoms with Crippen molar-refractivity contribution in [1.29, 1.82) is 0 Å². The molecule has 2 heterocycles. The fourth-order valence-corrected chi connectivity index (χ4v) is 3.64. The molecule has 0 atom stereocenters. The molecule has 1 fully saturated rings. The Hall–Kier alpha value is -0.870. The molecule has 0 spiro atoms. The van der Waals surface area contributed by atoms with Gasteiger partial charge in [-0.1, -0.05) is 0 Å². The molecule has 0 saturated carbocycles. The molecule has 1 aromatic heterocycles. The number of aromatic nitrogens is 1. The van der Waals surface area contributed by atoms with Crippen LogP contribution in [0.2, 0.25) is 0 Å². The lowest BCUT2D eigenvalue weighted by molar-refractivity contribution is 0.0907. The Morgan fingerprint density at radius 2 is 1.86 bits per heavy atom. The Kier molecular flexibility index (Phi) is 3.87. The molecular weight excluding hydrogens is 331 g/mol. The fraction of sp³-hybridized carbons (Fsp3) is 0.529. The Balaban J connectivity index is 1.84. The predicted molar refractivity (Wildman–Crippen MR) is 89.2 cm³/mol. The minimum atomic E-state index is -0.186. The summed E-state index contributed by atoms with van der Waals surface area (Å²) >= 11 is 3.26. The molecule has 21 heavy (non-hydrogen) atoms. The number of rotatable bonds is 1. The number of nitrogens with zero attached hydrogens (tertiary/aromatic N) is 2. The molecule has 3 rings (SSSR count). The molecule has 1 aliphatic heterocycles. The van der Waals surface area contributed by atoms with Crippen molar-refractivity contribution >= 4 is 26.8 Å². The first-order chi connectivity index (χ1) is 9.86. The van der Waals surface area contributed by atoms with Gasteiger partial charge in [-0.3, -0.25) is 4.90 Å². The first kappa shape index (κ1) is 15.0. The van der Waals surface area contributed by atoms with Crippen molar-refractivity contribution in [3.63, 3.8) is 0 Å². The minimum Gasteiger partial charge on any atom is -0.344 e. The zero-order valence-corrected chi connectivity index (χ0v) is 14.5. The van der Waals surface area contributed by atoms with E-state index in [2.05, 4.69) is 58.4 Å². The van der Waals surface area contributed by atoms with Crippen molar-refractivity contribution in [3.8, 4) is 0 Å². The number of benzene rings is 1. The number of hydrogen-bond acceptors (Lipinski definition) is 1. The maximum atomic E-state index is 13.8. The summed E-state index contributed by atoms with van der Waals surface area (Å²) < 4.78 is 16.6. The smallest absolute Gasteiger partial charge is 0.139 e. The molecule has 0 aliphatic carbocycles. The molecular formula is C17H22BrFN2. The van der Waals surface area contributed by atoms with Crippen molar-refractivity contribution < 1.29 is 4.39 Å². The van der Waals surface area contributed by atoms with E-state index in [0.717, 1.165) is 36.8 Å². The zero-order valence-electron chi connectivity index (χ0n) is 12.9. The third-order valence-electron chi connectivity index (χ3n) is 4.57. The Labute approximate surface area is 134 Å². The lowest BCUT2D eigenvalue weighted by Crippen LogP contribution is -2.46. The van der Waals surface area contributed by atoms with Crippen LogP contribution in [0, 0.1) is 5.82 Å². The quantitative estimate of drug-likeness (QED) is 0.702. The van der Waals surface area contributed by atoms with E-state index in [4.69, 9.17) is 0 Å². The van der Waals surface area contributed by atoms with Crippen LogP contribution in [0.3, 0.4) is 0 Å². The second-order valence-electron chi connectivity index (χ2n) is 6.94. The van der Waals surface area contributed by atoms with Crippen LogP contribution in [-0.4, -0.2) is 28.1 Å². The summed E-state index contributed by atoms with van der Waals surface area (Å²) in [6.45, 7) is 9.02. The van der Waals surface area contributed by atoms with Crippen LogP contribution in [0.25, 0.3) is 10.9 Å². The SMILES string of the molecule is CC(C)(C)N1CCC(n2ccc3cc(Br)c(F)cc32)CC1. The van der Waals surface area contributed by atoms with E-state index in [9.17, 15) is 4.39 Å². The van der Waals surface area contributed by atoms with Crippen molar-refractivity contribution in [2.24, 2.45) is 0 Å². The standard InChI is InChI=1S/C17H22BrFN2/c1-17(2,3)20-7-5-13(6-8-20)21-9-4-12-10-14(18)15(19)11-16(12)21/h4,9-11,13H,5-8H2,1-3H3. The molecule has 114 valence electrons. The zero-order chi connectivity index (χ0) is 15.2. The van der Waals surface area contributed by atoms with Crippen LogP contribution in [0.5, 0.6) is 0 Å². The van der Waals surface area contributed by atoms with Gasteiger partial charge >= 0.3 is 0 Å². The van der Waals surface area contributed by atoms with Gasteiger partial charge in [-0.25, -0.2) is 4.39 Å². The molecule has 1 saturated heterocycles. The molecule has 0 unspecified atom stereocenters. The van der Waals surface area contributed by atoms with Crippen molar-refractivity contribution in [2.75, 3.05) is 13.1 Å². The van der Waals surface area contributed by atoms with Gasteiger partial charge in [0.05, 0.1) is 9.99 Å². The van der Waals surface area contributed by atoms with Gasteiger partial charge in [0.2, 0.25) is 0 Å². The summed E-state index contributed by atoms with van der Waals surface area (Å²) in [6, 6.07) is 6.07. The average Bonchev–Trinajstić information content (AvgIpc) is 2.81. The summed E-state index contributed by atoms with van der Waals surface area (Å²) in [6.07, 6.45) is 4.35. The van der Waals surface area contributed by atoms with E-state index < -0.39 is 0 Å². The predicted octanol–water partition coefficient (Wildman–Crippen LogP) is 4.98. The summed E-state index contributed by atoms with van der Waals surface area (Å²) in [5, 5.41) is 1.10. The summed E-state index contributed by atoms with van der Waals surface area (Å²) in [7, 11) is 0. The van der Waals surface area contributed by atoms with Gasteiger partial charge in [0.25, 0.3) is 0 Å². The van der Waals surface area contributed by atoms with Gasteiger partial charge in [-0.15, -0.1) is 0 Å². The van der Waals surface area contributed by atoms with Crippen molar-refractivity contribution in [1.82, 2.24) is 9.47 Å². The Morgan fingerprint density at radius 1 is 1.19 bits per heavy atom. The van der Waals surface area contributed by atoms with E-state index >= 15 is 0 Å². The van der Waals surface area contributed by atoms with Crippen LogP contribution in [0.15, 0.2) is 28.9 Å². The number of likely N-dealkylation sites (tertiary alicyclic amines) is 1. The highest BCUT2D eigenvalue weighted by molar-refractivity contribution is 9.10. The summed E-state index contributed by atoms with van der Waals surface area (Å²) in [4.78, 5) is 2.53. The monoisotopic (exact) mass is 352 g/mol. The molecule has 1 aliphatic rings. The average molecular weight is 353 g/mol. The highest BCUT2D eigenvalue weighted by Gasteiger charge is 2.28. The molecule has 4 heteroatoms. The van der Waals surface area contributed by atoms with E-state index in [-0.39, 0.29) is 11.4 Å². The van der Waals surface area contributed by atoms with Crippen LogP contribution in [0.4, 0.5) is 4.39 Å². The Morgan fingerprint density at radius 3 is 2.48 bits per heavy atom. The first-order valence-electron chi connectivity index (χ1n) is 7.57. The van der Waals surface area contributed by atoms with Gasteiger partial charge in [-0.05, 0) is 67.7 Å². The van der Waals surface area contributed by atoms with Crippen LogP contribution >= 0.6 is 15.9 Å². The molecule has 0 amide bonds. The van der Waals surface area contributed by atoms with Crippen LogP contribution in [0.1, 0.15) is 39.7 Å². The van der Waals surface area contributed by atoms with Gasteiger partial charge in [0, 0.05) is 36.3 Å². The molecule has 2 nitrogen and oxygen atoms in total. The summed E-state index contributed by atoms with van der Waals surface area (Å²) in [5.74, 6) is -0.186. The molecule has 0 radical (unpaired) electrons. The second kappa shape index (κ2) is 5.40. The molecule has 2 aromatic rings. The van der Waals surface area contributed by atoms with Crippen molar-refractivity contribution in [3.05, 3.63) is 34.7 Å². The highest BCUT2D eigenvalue weighted by atomic mass is 79.9. The van der Waals surface area contributed by atoms with E-state index in [1.807, 2.05) is 6.07 Å². The third-order valence-corrected chi connectivity index (χ3v) is 5.18. The number of fused-ring (bicyclic) bond motifs is 1. The fourth-order valence-electron chi connectivity index (χ4n) is 3.28. The number of piperidine rings is 1. The lowest BCUT2D eigenvalue weighted by atomic mass is 9.98. The van der Waals surface area contributed by atoms with E-state index in [1.54, 1.807) is 6.07 Å². The number of halogens is 2. The second-order valence-corrected chi connectivity index (χ2v) is 7.79. The van der Waals surface area contributed by atoms with Gasteiger partial charge in [0.1, 0.15) is 5.82 Å². The summed E-state index contributed by atoms with van der Waals surface area (Å²) in [5.41, 5.74) is 1.24. The van der Waals surface area contributed by atoms with Crippen molar-refractivity contribution in [2.45, 2.75) is 45.2 Å². The van der Waals surface area contributed by atoms with Crippen LogP contribution < -0.4 is 0 Å². The normalized spacial score (nSPS) is 18.5. The molecule has 0 N–H and O–H groups in total. The third kappa shape index (κ3) is 2.88. The lowest BCUT2D eigenvalue weighted by Gasteiger charge is -2.41. The maximum Gasteiger partial charge on any atom is 0.139 e. The molecule has 1 aromatic carbocycles. The molecule has 0 bridgehead atoms. The van der Waals surface area contributed by atoms with Crippen LogP contribution in [-0.2, 0) is 0 Å². The van der Waals surface area contributed by atoms with Gasteiger partial charge < -0.3 is 4.57 Å². The topological polar surface area (TPSA) is 8.17 Å². The largest absolute Gasteiger partial charge is 0.344 e. The van der Waals surface area contributed by atoms with E-state index in [1.165, 1.54) is 0 Å². The number of hydrogen-bond donors (Lipinski definition) is 0. The first-order valence-corrected chi connectivity index (χ1v) is 8.36.